The molecule has 0 aliphatic rings. The van der Waals surface area contributed by atoms with Crippen LogP contribution in [0.3, 0.4) is 0 Å². The van der Waals surface area contributed by atoms with Crippen molar-refractivity contribution in [1.82, 2.24) is 15.0 Å². The highest BCUT2D eigenvalue weighted by molar-refractivity contribution is 7.20. The van der Waals surface area contributed by atoms with Gasteiger partial charge in [0.25, 0.3) is 0 Å². The summed E-state index contributed by atoms with van der Waals surface area (Å²) < 4.78 is 8.58. The standard InChI is InChI=1S/C19H9N3OS2/c1-2-7-20-12(6-1)10-4-3-5-11-13-17(23-16(10)11)19-15(22-9-25-19)14-18(13)24-8-21-14/h1-9H. The third-order valence-corrected chi connectivity index (χ3v) is 6.12. The Hall–Kier alpha value is -2.83. The van der Waals surface area contributed by atoms with Crippen LogP contribution in [0.2, 0.25) is 0 Å². The van der Waals surface area contributed by atoms with Crippen LogP contribution in [-0.2, 0) is 0 Å². The summed E-state index contributed by atoms with van der Waals surface area (Å²) in [5.41, 5.74) is 9.30. The Morgan fingerprint density at radius 1 is 0.760 bits per heavy atom. The molecule has 0 unspecified atom stereocenters. The molecule has 6 aromatic rings. The molecule has 6 heteroatoms. The molecular weight excluding hydrogens is 350 g/mol. The second-order valence-corrected chi connectivity index (χ2v) is 7.47. The van der Waals surface area contributed by atoms with Crippen molar-refractivity contribution in [2.75, 3.05) is 0 Å². The summed E-state index contributed by atoms with van der Waals surface area (Å²) in [6.07, 6.45) is 1.81. The SMILES string of the molecule is c1ccc(-c2cccc3c2oc2c4scnc4c4ncsc4c32)nc1. The number of benzene rings is 2. The summed E-state index contributed by atoms with van der Waals surface area (Å²) in [6, 6.07) is 12.1. The van der Waals surface area contributed by atoms with Crippen molar-refractivity contribution in [3.63, 3.8) is 0 Å². The molecule has 2 aromatic carbocycles. The number of nitrogens with zero attached hydrogens (tertiary/aromatic N) is 3. The zero-order valence-corrected chi connectivity index (χ0v) is 14.4. The summed E-state index contributed by atoms with van der Waals surface area (Å²) in [5.74, 6) is 0. The molecule has 0 N–H and O–H groups in total. The van der Waals surface area contributed by atoms with Gasteiger partial charge in [0.15, 0.2) is 5.58 Å². The average Bonchev–Trinajstić information content (AvgIpc) is 3.37. The number of fused-ring (bicyclic) bond motifs is 8. The lowest BCUT2D eigenvalue weighted by Gasteiger charge is -2.00. The van der Waals surface area contributed by atoms with Gasteiger partial charge in [-0.15, -0.1) is 22.7 Å². The Kier molecular flexibility index (Phi) is 2.61. The first-order chi connectivity index (χ1) is 12.4. The molecule has 4 aromatic heterocycles. The van der Waals surface area contributed by atoms with E-state index in [0.717, 1.165) is 53.6 Å². The maximum atomic E-state index is 6.40. The molecule has 0 atom stereocenters. The number of para-hydroxylation sites is 1. The summed E-state index contributed by atoms with van der Waals surface area (Å²) in [5, 5.41) is 2.23. The molecule has 0 saturated carbocycles. The van der Waals surface area contributed by atoms with Gasteiger partial charge in [-0.2, -0.15) is 0 Å². The molecule has 0 spiro atoms. The van der Waals surface area contributed by atoms with E-state index < -0.39 is 0 Å². The second kappa shape index (κ2) is 4.84. The number of rotatable bonds is 1. The lowest BCUT2D eigenvalue weighted by molar-refractivity contribution is 0.674. The molecule has 4 heterocycles. The van der Waals surface area contributed by atoms with Crippen molar-refractivity contribution in [3.8, 4) is 11.3 Å². The minimum Gasteiger partial charge on any atom is -0.454 e. The van der Waals surface area contributed by atoms with Crippen LogP contribution >= 0.6 is 22.7 Å². The van der Waals surface area contributed by atoms with Gasteiger partial charge in [0.05, 0.1) is 26.1 Å². The third-order valence-electron chi connectivity index (χ3n) is 4.45. The summed E-state index contributed by atoms with van der Waals surface area (Å²) in [6.45, 7) is 0. The largest absolute Gasteiger partial charge is 0.454 e. The van der Waals surface area contributed by atoms with Gasteiger partial charge in [-0.1, -0.05) is 18.2 Å². The van der Waals surface area contributed by atoms with Gasteiger partial charge < -0.3 is 4.42 Å². The van der Waals surface area contributed by atoms with Crippen LogP contribution in [0.15, 0.2) is 58.0 Å². The Labute approximate surface area is 149 Å². The number of hydrogen-bond donors (Lipinski definition) is 0. The molecule has 25 heavy (non-hydrogen) atoms. The van der Waals surface area contributed by atoms with Gasteiger partial charge >= 0.3 is 0 Å². The topological polar surface area (TPSA) is 51.8 Å². The van der Waals surface area contributed by atoms with Crippen molar-refractivity contribution >= 4 is 65.0 Å². The lowest BCUT2D eigenvalue weighted by Crippen LogP contribution is -1.82. The van der Waals surface area contributed by atoms with Crippen LogP contribution < -0.4 is 0 Å². The molecule has 6 rings (SSSR count). The van der Waals surface area contributed by atoms with E-state index in [1.165, 1.54) is 0 Å². The van der Waals surface area contributed by atoms with E-state index in [4.69, 9.17) is 4.42 Å². The molecule has 0 aliphatic carbocycles. The zero-order chi connectivity index (χ0) is 16.4. The van der Waals surface area contributed by atoms with Crippen molar-refractivity contribution in [2.45, 2.75) is 0 Å². The summed E-state index contributed by atoms with van der Waals surface area (Å²) >= 11 is 3.23. The van der Waals surface area contributed by atoms with E-state index in [9.17, 15) is 0 Å². The van der Waals surface area contributed by atoms with E-state index in [-0.39, 0.29) is 0 Å². The van der Waals surface area contributed by atoms with Gasteiger partial charge in [0.2, 0.25) is 0 Å². The Morgan fingerprint density at radius 3 is 2.44 bits per heavy atom. The maximum Gasteiger partial charge on any atom is 0.156 e. The average molecular weight is 359 g/mol. The van der Waals surface area contributed by atoms with Crippen LogP contribution in [0.4, 0.5) is 0 Å². The molecule has 0 radical (unpaired) electrons. The third kappa shape index (κ3) is 1.72. The van der Waals surface area contributed by atoms with Crippen LogP contribution in [0, 0.1) is 0 Å². The van der Waals surface area contributed by atoms with Crippen molar-refractivity contribution < 1.29 is 4.42 Å². The first-order valence-corrected chi connectivity index (χ1v) is 9.53. The first kappa shape index (κ1) is 13.5. The monoisotopic (exact) mass is 359 g/mol. The second-order valence-electron chi connectivity index (χ2n) is 5.76. The fraction of sp³-hybridized carbons (Fsp3) is 0. The molecule has 118 valence electrons. The van der Waals surface area contributed by atoms with Gasteiger partial charge in [-0.25, -0.2) is 9.97 Å². The van der Waals surface area contributed by atoms with E-state index in [1.807, 2.05) is 29.2 Å². The number of thiazole rings is 2. The molecule has 0 amide bonds. The molecule has 4 nitrogen and oxygen atoms in total. The Balaban J connectivity index is 1.88. The van der Waals surface area contributed by atoms with Crippen molar-refractivity contribution in [3.05, 3.63) is 53.6 Å². The van der Waals surface area contributed by atoms with Crippen molar-refractivity contribution in [2.24, 2.45) is 0 Å². The Morgan fingerprint density at radius 2 is 1.60 bits per heavy atom. The predicted molar refractivity (Wildman–Crippen MR) is 103 cm³/mol. The molecular formula is C19H9N3OS2. The van der Waals surface area contributed by atoms with E-state index in [0.29, 0.717) is 0 Å². The predicted octanol–water partition coefficient (Wildman–Crippen LogP) is 5.87. The van der Waals surface area contributed by atoms with Crippen LogP contribution in [0.25, 0.3) is 53.6 Å². The summed E-state index contributed by atoms with van der Waals surface area (Å²) in [7, 11) is 0. The molecule has 0 bridgehead atoms. The quantitative estimate of drug-likeness (QED) is 0.368. The fourth-order valence-electron chi connectivity index (χ4n) is 3.40. The van der Waals surface area contributed by atoms with Gasteiger partial charge in [-0.05, 0) is 18.2 Å². The van der Waals surface area contributed by atoms with Gasteiger partial charge in [0, 0.05) is 22.5 Å². The molecule has 0 aliphatic heterocycles. The zero-order valence-electron chi connectivity index (χ0n) is 12.8. The Bertz CT molecular complexity index is 1400. The number of aromatic nitrogens is 3. The highest BCUT2D eigenvalue weighted by atomic mass is 32.1. The van der Waals surface area contributed by atoms with Crippen LogP contribution in [0.1, 0.15) is 0 Å². The van der Waals surface area contributed by atoms with E-state index in [1.54, 1.807) is 28.9 Å². The minimum absolute atomic E-state index is 0.867. The van der Waals surface area contributed by atoms with E-state index >= 15 is 0 Å². The fourth-order valence-corrected chi connectivity index (χ4v) is 5.02. The van der Waals surface area contributed by atoms with Crippen molar-refractivity contribution in [1.29, 1.82) is 0 Å². The normalized spacial score (nSPS) is 12.0. The number of pyridine rings is 1. The van der Waals surface area contributed by atoms with Gasteiger partial charge in [0.1, 0.15) is 16.6 Å². The molecule has 0 fully saturated rings. The number of hydrogen-bond acceptors (Lipinski definition) is 6. The number of furan rings is 1. The lowest BCUT2D eigenvalue weighted by atomic mass is 10.1. The first-order valence-electron chi connectivity index (χ1n) is 7.77. The van der Waals surface area contributed by atoms with Gasteiger partial charge in [-0.3, -0.25) is 4.98 Å². The smallest absolute Gasteiger partial charge is 0.156 e. The maximum absolute atomic E-state index is 6.40. The summed E-state index contributed by atoms with van der Waals surface area (Å²) in [4.78, 5) is 13.5. The minimum atomic E-state index is 0.867. The molecule has 0 saturated heterocycles. The highest BCUT2D eigenvalue weighted by Crippen LogP contribution is 2.44. The highest BCUT2D eigenvalue weighted by Gasteiger charge is 2.20. The van der Waals surface area contributed by atoms with Crippen LogP contribution in [-0.4, -0.2) is 15.0 Å². The van der Waals surface area contributed by atoms with Crippen LogP contribution in [0.5, 0.6) is 0 Å². The van der Waals surface area contributed by atoms with E-state index in [2.05, 4.69) is 33.2 Å².